The predicted molar refractivity (Wildman–Crippen MR) is 117 cm³/mol. The topological polar surface area (TPSA) is 68.5 Å². The van der Waals surface area contributed by atoms with Gasteiger partial charge in [0.15, 0.2) is 5.65 Å². The average Bonchev–Trinajstić information content (AvgIpc) is 3.11. The smallest absolute Gasteiger partial charge is 0.254 e. The number of para-hydroxylation sites is 1. The fraction of sp³-hybridized carbons (Fsp3) is 0.208. The van der Waals surface area contributed by atoms with Crippen molar-refractivity contribution in [1.29, 1.82) is 0 Å². The molecule has 2 aromatic heterocycles. The van der Waals surface area contributed by atoms with Crippen LogP contribution >= 0.6 is 0 Å². The quantitative estimate of drug-likeness (QED) is 0.501. The number of fused-ring (bicyclic) bond motifs is 1. The predicted octanol–water partition coefficient (Wildman–Crippen LogP) is 4.48. The van der Waals surface area contributed by atoms with Crippen molar-refractivity contribution in [3.05, 3.63) is 83.1 Å². The van der Waals surface area contributed by atoms with Crippen molar-refractivity contribution in [3.8, 4) is 16.9 Å². The van der Waals surface area contributed by atoms with E-state index in [1.54, 1.807) is 22.8 Å². The molecule has 6 nitrogen and oxygen atoms in total. The number of benzene rings is 2. The van der Waals surface area contributed by atoms with Crippen molar-refractivity contribution in [3.63, 3.8) is 0 Å². The van der Waals surface area contributed by atoms with Crippen LogP contribution in [0.15, 0.2) is 54.7 Å². The average molecular weight is 418 g/mol. The number of ether oxygens (including phenoxy) is 1. The number of halogens is 1. The number of nitrogens with zero attached hydrogens (tertiary/aromatic N) is 3. The summed E-state index contributed by atoms with van der Waals surface area (Å²) in [4.78, 5) is 17.4. The summed E-state index contributed by atoms with van der Waals surface area (Å²) in [5.74, 6) is 0.212. The fourth-order valence-corrected chi connectivity index (χ4v) is 3.60. The highest BCUT2D eigenvalue weighted by molar-refractivity contribution is 5.95. The molecule has 0 aliphatic carbocycles. The molecule has 0 atom stereocenters. The molecule has 4 aromatic rings. The van der Waals surface area contributed by atoms with Gasteiger partial charge in [-0.3, -0.25) is 4.79 Å². The van der Waals surface area contributed by atoms with Crippen molar-refractivity contribution < 1.29 is 13.9 Å². The van der Waals surface area contributed by atoms with Gasteiger partial charge in [0.25, 0.3) is 5.91 Å². The van der Waals surface area contributed by atoms with Gasteiger partial charge in [0.2, 0.25) is 0 Å². The minimum absolute atomic E-state index is 0.241. The molecule has 0 aliphatic heterocycles. The third kappa shape index (κ3) is 3.99. The van der Waals surface area contributed by atoms with Crippen molar-refractivity contribution >= 4 is 11.6 Å². The number of carbonyl (C=O) groups excluding carboxylic acids is 1. The van der Waals surface area contributed by atoms with Gasteiger partial charge in [-0.1, -0.05) is 30.3 Å². The van der Waals surface area contributed by atoms with E-state index in [1.165, 1.54) is 12.1 Å². The van der Waals surface area contributed by atoms with E-state index >= 15 is 0 Å². The number of rotatable bonds is 6. The number of aromatic nitrogens is 3. The van der Waals surface area contributed by atoms with Crippen LogP contribution in [0.3, 0.4) is 0 Å². The van der Waals surface area contributed by atoms with Crippen LogP contribution in [-0.2, 0) is 6.54 Å². The Morgan fingerprint density at radius 2 is 1.87 bits per heavy atom. The molecule has 0 unspecified atom stereocenters. The summed E-state index contributed by atoms with van der Waals surface area (Å²) in [5.41, 5.74) is 5.04. The Morgan fingerprint density at radius 1 is 1.13 bits per heavy atom. The standard InChI is InChI=1S/C24H23FN4O2/c1-4-31-21-8-6-5-7-18(21)13-27-24(30)20-14-26-23-22(15(2)28-29(23)16(20)3)17-9-11-19(25)12-10-17/h5-12,14H,4,13H2,1-3H3,(H,27,30). The first-order valence-electron chi connectivity index (χ1n) is 10.1. The van der Waals surface area contributed by atoms with Gasteiger partial charge in [0.05, 0.1) is 23.6 Å². The largest absolute Gasteiger partial charge is 0.494 e. The Labute approximate surface area is 179 Å². The van der Waals surface area contributed by atoms with E-state index in [1.807, 2.05) is 45.0 Å². The van der Waals surface area contributed by atoms with Crippen LogP contribution in [0.1, 0.15) is 34.2 Å². The second kappa shape index (κ2) is 8.55. The van der Waals surface area contributed by atoms with E-state index < -0.39 is 0 Å². The Bertz CT molecular complexity index is 1250. The zero-order chi connectivity index (χ0) is 22.0. The summed E-state index contributed by atoms with van der Waals surface area (Å²) < 4.78 is 20.6. The molecule has 0 saturated heterocycles. The fourth-order valence-electron chi connectivity index (χ4n) is 3.60. The normalized spacial score (nSPS) is 11.0. The molecule has 1 N–H and O–H groups in total. The number of amides is 1. The van der Waals surface area contributed by atoms with Crippen LogP contribution in [0, 0.1) is 19.7 Å². The van der Waals surface area contributed by atoms with E-state index in [2.05, 4.69) is 15.4 Å². The van der Waals surface area contributed by atoms with Gasteiger partial charge in [-0.2, -0.15) is 5.10 Å². The van der Waals surface area contributed by atoms with Crippen molar-refractivity contribution in [2.75, 3.05) is 6.61 Å². The highest BCUT2D eigenvalue weighted by Crippen LogP contribution is 2.28. The molecule has 2 heterocycles. The first kappa shape index (κ1) is 20.5. The van der Waals surface area contributed by atoms with Gasteiger partial charge < -0.3 is 10.1 Å². The molecule has 0 spiro atoms. The molecular formula is C24H23FN4O2. The third-order valence-corrected chi connectivity index (χ3v) is 5.15. The minimum atomic E-state index is -0.299. The van der Waals surface area contributed by atoms with Gasteiger partial charge in [0.1, 0.15) is 11.6 Å². The van der Waals surface area contributed by atoms with Crippen LogP contribution < -0.4 is 10.1 Å². The van der Waals surface area contributed by atoms with Gasteiger partial charge in [-0.15, -0.1) is 0 Å². The Hall–Kier alpha value is -3.74. The Morgan fingerprint density at radius 3 is 2.61 bits per heavy atom. The molecule has 7 heteroatoms. The molecule has 0 radical (unpaired) electrons. The molecule has 31 heavy (non-hydrogen) atoms. The molecule has 158 valence electrons. The SMILES string of the molecule is CCOc1ccccc1CNC(=O)c1cnc2c(-c3ccc(F)cc3)c(C)nn2c1C. The summed E-state index contributed by atoms with van der Waals surface area (Å²) in [6, 6.07) is 13.8. The molecule has 0 aliphatic rings. The number of carbonyl (C=O) groups is 1. The van der Waals surface area contributed by atoms with Gasteiger partial charge >= 0.3 is 0 Å². The monoisotopic (exact) mass is 418 g/mol. The van der Waals surface area contributed by atoms with Crippen LogP contribution in [0.5, 0.6) is 5.75 Å². The summed E-state index contributed by atoms with van der Waals surface area (Å²) in [7, 11) is 0. The molecule has 0 bridgehead atoms. The lowest BCUT2D eigenvalue weighted by atomic mass is 10.1. The zero-order valence-electron chi connectivity index (χ0n) is 17.6. The van der Waals surface area contributed by atoms with Crippen molar-refractivity contribution in [2.45, 2.75) is 27.3 Å². The van der Waals surface area contributed by atoms with Gasteiger partial charge in [-0.05, 0) is 44.5 Å². The molecule has 2 aromatic carbocycles. The van der Waals surface area contributed by atoms with E-state index in [4.69, 9.17) is 4.74 Å². The van der Waals surface area contributed by atoms with E-state index in [-0.39, 0.29) is 11.7 Å². The maximum absolute atomic E-state index is 13.3. The first-order valence-corrected chi connectivity index (χ1v) is 10.1. The zero-order valence-corrected chi connectivity index (χ0v) is 17.6. The minimum Gasteiger partial charge on any atom is -0.494 e. The highest BCUT2D eigenvalue weighted by atomic mass is 19.1. The van der Waals surface area contributed by atoms with Gasteiger partial charge in [0, 0.05) is 23.9 Å². The van der Waals surface area contributed by atoms with Crippen molar-refractivity contribution in [1.82, 2.24) is 19.9 Å². The lowest BCUT2D eigenvalue weighted by Gasteiger charge is -2.12. The van der Waals surface area contributed by atoms with E-state index in [9.17, 15) is 9.18 Å². The lowest BCUT2D eigenvalue weighted by molar-refractivity contribution is 0.0949. The van der Waals surface area contributed by atoms with Gasteiger partial charge in [-0.25, -0.2) is 13.9 Å². The first-order chi connectivity index (χ1) is 15.0. The van der Waals surface area contributed by atoms with Crippen LogP contribution in [0.2, 0.25) is 0 Å². The number of nitrogens with one attached hydrogen (secondary N) is 1. The van der Waals surface area contributed by atoms with Crippen LogP contribution in [-0.4, -0.2) is 27.1 Å². The van der Waals surface area contributed by atoms with E-state index in [0.29, 0.717) is 30.1 Å². The summed E-state index contributed by atoms with van der Waals surface area (Å²) in [5, 5.41) is 7.51. The van der Waals surface area contributed by atoms with Crippen LogP contribution in [0.25, 0.3) is 16.8 Å². The maximum atomic E-state index is 13.3. The maximum Gasteiger partial charge on any atom is 0.254 e. The summed E-state index contributed by atoms with van der Waals surface area (Å²) in [6.07, 6.45) is 1.56. The molecular weight excluding hydrogens is 395 g/mol. The van der Waals surface area contributed by atoms with Crippen molar-refractivity contribution in [2.24, 2.45) is 0 Å². The van der Waals surface area contributed by atoms with Crippen LogP contribution in [0.4, 0.5) is 4.39 Å². The molecule has 4 rings (SSSR count). The molecule has 1 amide bonds. The second-order valence-corrected chi connectivity index (χ2v) is 7.18. The number of hydrogen-bond acceptors (Lipinski definition) is 4. The second-order valence-electron chi connectivity index (χ2n) is 7.18. The molecule has 0 fully saturated rings. The highest BCUT2D eigenvalue weighted by Gasteiger charge is 2.19. The molecule has 0 saturated carbocycles. The summed E-state index contributed by atoms with van der Waals surface area (Å²) in [6.45, 7) is 6.52. The lowest BCUT2D eigenvalue weighted by Crippen LogP contribution is -2.25. The summed E-state index contributed by atoms with van der Waals surface area (Å²) >= 11 is 0. The van der Waals surface area contributed by atoms with E-state index in [0.717, 1.165) is 28.1 Å². The third-order valence-electron chi connectivity index (χ3n) is 5.15. The Balaban J connectivity index is 1.63. The number of aryl methyl sites for hydroxylation is 2. The Kier molecular flexibility index (Phi) is 5.66. The number of hydrogen-bond donors (Lipinski definition) is 1.